The minimum Gasteiger partial charge on any atom is -0.508 e. The second-order valence-electron chi connectivity index (χ2n) is 5.07. The fourth-order valence-electron chi connectivity index (χ4n) is 2.17. The largest absolute Gasteiger partial charge is 0.508 e. The first kappa shape index (κ1) is 17.0. The molecule has 23 heavy (non-hydrogen) atoms. The third kappa shape index (κ3) is 4.32. The molecule has 2 rings (SSSR count). The molecule has 2 aromatic rings. The van der Waals surface area contributed by atoms with Gasteiger partial charge in [0.05, 0.1) is 5.69 Å². The maximum Gasteiger partial charge on any atom is 0.427 e. The third-order valence-electron chi connectivity index (χ3n) is 3.30. The summed E-state index contributed by atoms with van der Waals surface area (Å²) in [7, 11) is -4.60. The van der Waals surface area contributed by atoms with E-state index in [2.05, 4.69) is 0 Å². The zero-order valence-electron chi connectivity index (χ0n) is 12.2. The first-order chi connectivity index (χ1) is 10.7. The molecule has 2 aromatic carbocycles. The topological polar surface area (TPSA) is 127 Å². The molecular weight excluding hydrogens is 321 g/mol. The Morgan fingerprint density at radius 1 is 1.09 bits per heavy atom. The summed E-state index contributed by atoms with van der Waals surface area (Å²) in [4.78, 5) is 30.7. The monoisotopic (exact) mass is 337 g/mol. The number of carbonyl (C=O) groups is 1. The Kier molecular flexibility index (Phi) is 4.75. The summed E-state index contributed by atoms with van der Waals surface area (Å²) in [6.07, 6.45) is 0. The van der Waals surface area contributed by atoms with Crippen molar-refractivity contribution in [3.8, 4) is 11.5 Å². The molecule has 5 N–H and O–H groups in total. The Morgan fingerprint density at radius 2 is 1.74 bits per heavy atom. The van der Waals surface area contributed by atoms with Crippen LogP contribution in [-0.2, 0) is 4.57 Å². The highest BCUT2D eigenvalue weighted by Gasteiger charge is 2.23. The number of carbonyl (C=O) groups excluding carboxylic acids is 1. The van der Waals surface area contributed by atoms with E-state index < -0.39 is 19.4 Å². The van der Waals surface area contributed by atoms with Crippen LogP contribution in [0.3, 0.4) is 0 Å². The fourth-order valence-corrected chi connectivity index (χ4v) is 2.68. The normalized spacial score (nSPS) is 12.7. The molecule has 0 aromatic heterocycles. The standard InChI is InChI=1S/C15H16NO6P/c1-9(10-3-2-4-11(17)7-10)15(19)13-8-12(18)5-6-14(13)16-23(20,21)22/h2-9,17-18H,1H3,(H3,16,20,21,22). The van der Waals surface area contributed by atoms with Crippen molar-refractivity contribution < 1.29 is 29.4 Å². The van der Waals surface area contributed by atoms with E-state index in [-0.39, 0.29) is 22.7 Å². The van der Waals surface area contributed by atoms with Crippen molar-refractivity contribution in [2.24, 2.45) is 0 Å². The van der Waals surface area contributed by atoms with Crippen LogP contribution >= 0.6 is 7.75 Å². The van der Waals surface area contributed by atoms with E-state index in [1.165, 1.54) is 24.3 Å². The highest BCUT2D eigenvalue weighted by atomic mass is 31.2. The minimum atomic E-state index is -4.60. The molecule has 0 saturated carbocycles. The maximum absolute atomic E-state index is 12.6. The van der Waals surface area contributed by atoms with Crippen LogP contribution in [0.1, 0.15) is 28.8 Å². The minimum absolute atomic E-state index is 0.00613. The van der Waals surface area contributed by atoms with Crippen molar-refractivity contribution in [1.29, 1.82) is 0 Å². The highest BCUT2D eigenvalue weighted by Crippen LogP contribution is 2.38. The third-order valence-corrected chi connectivity index (χ3v) is 3.83. The van der Waals surface area contributed by atoms with Gasteiger partial charge in [-0.1, -0.05) is 19.1 Å². The average molecular weight is 337 g/mol. The molecule has 1 atom stereocenters. The molecule has 0 fully saturated rings. The Hall–Kier alpha value is -2.34. The molecule has 0 spiro atoms. The van der Waals surface area contributed by atoms with E-state index in [0.29, 0.717) is 5.56 Å². The molecule has 0 aliphatic rings. The smallest absolute Gasteiger partial charge is 0.427 e. The molecule has 0 aliphatic heterocycles. The van der Waals surface area contributed by atoms with Gasteiger partial charge in [0.25, 0.3) is 0 Å². The predicted octanol–water partition coefficient (Wildman–Crippen LogP) is 2.59. The number of phenolic OH excluding ortho intramolecular Hbond substituents is 2. The van der Waals surface area contributed by atoms with Crippen molar-refractivity contribution >= 4 is 19.2 Å². The van der Waals surface area contributed by atoms with Gasteiger partial charge in [-0.2, -0.15) is 0 Å². The highest BCUT2D eigenvalue weighted by molar-refractivity contribution is 7.53. The second kappa shape index (κ2) is 6.42. The van der Waals surface area contributed by atoms with Gasteiger partial charge >= 0.3 is 7.75 Å². The Bertz CT molecular complexity index is 785. The van der Waals surface area contributed by atoms with Gasteiger partial charge in [0.2, 0.25) is 0 Å². The van der Waals surface area contributed by atoms with Crippen LogP contribution in [0.25, 0.3) is 0 Å². The van der Waals surface area contributed by atoms with Crippen LogP contribution in [0.2, 0.25) is 0 Å². The van der Waals surface area contributed by atoms with Crippen molar-refractivity contribution in [3.63, 3.8) is 0 Å². The number of nitrogens with one attached hydrogen (secondary N) is 1. The SMILES string of the molecule is CC(C(=O)c1cc(O)ccc1NP(=O)(O)O)c1cccc(O)c1. The number of anilines is 1. The predicted molar refractivity (Wildman–Crippen MR) is 84.6 cm³/mol. The maximum atomic E-state index is 12.6. The Labute approximate surface area is 132 Å². The summed E-state index contributed by atoms with van der Waals surface area (Å²) in [6, 6.07) is 9.72. The lowest BCUT2D eigenvalue weighted by atomic mass is 9.91. The van der Waals surface area contributed by atoms with Gasteiger partial charge in [0, 0.05) is 11.5 Å². The first-order valence-electron chi connectivity index (χ1n) is 6.67. The molecular formula is C15H16NO6P. The van der Waals surface area contributed by atoms with Gasteiger partial charge in [0.1, 0.15) is 11.5 Å². The second-order valence-corrected chi connectivity index (χ2v) is 6.38. The van der Waals surface area contributed by atoms with Crippen molar-refractivity contribution in [3.05, 3.63) is 53.6 Å². The van der Waals surface area contributed by atoms with Crippen LogP contribution in [-0.4, -0.2) is 25.8 Å². The van der Waals surface area contributed by atoms with E-state index in [1.54, 1.807) is 19.1 Å². The summed E-state index contributed by atoms with van der Waals surface area (Å²) in [5.74, 6) is -1.33. The van der Waals surface area contributed by atoms with Gasteiger partial charge in [-0.15, -0.1) is 0 Å². The molecule has 122 valence electrons. The summed E-state index contributed by atoms with van der Waals surface area (Å²) in [6.45, 7) is 1.60. The molecule has 0 aliphatic carbocycles. The van der Waals surface area contributed by atoms with Gasteiger partial charge in [0.15, 0.2) is 5.78 Å². The summed E-state index contributed by atoms with van der Waals surface area (Å²) in [5, 5.41) is 21.0. The van der Waals surface area contributed by atoms with Crippen LogP contribution in [0, 0.1) is 0 Å². The van der Waals surface area contributed by atoms with Gasteiger partial charge < -0.3 is 20.0 Å². The lowest BCUT2D eigenvalue weighted by Gasteiger charge is -2.16. The number of hydrogen-bond donors (Lipinski definition) is 5. The Morgan fingerprint density at radius 3 is 2.35 bits per heavy atom. The summed E-state index contributed by atoms with van der Waals surface area (Å²) in [5.41, 5.74) is 0.415. The van der Waals surface area contributed by atoms with Crippen LogP contribution < -0.4 is 5.09 Å². The lowest BCUT2D eigenvalue weighted by Crippen LogP contribution is -2.12. The molecule has 1 unspecified atom stereocenters. The molecule has 7 nitrogen and oxygen atoms in total. The van der Waals surface area contributed by atoms with Crippen molar-refractivity contribution in [1.82, 2.24) is 0 Å². The lowest BCUT2D eigenvalue weighted by molar-refractivity contribution is 0.0966. The molecule has 0 bridgehead atoms. The fraction of sp³-hybridized carbons (Fsp3) is 0.133. The number of aromatic hydroxyl groups is 2. The Balaban J connectivity index is 2.42. The molecule has 8 heteroatoms. The summed E-state index contributed by atoms with van der Waals surface area (Å²) < 4.78 is 11.1. The number of phenols is 2. The molecule has 0 saturated heterocycles. The summed E-state index contributed by atoms with van der Waals surface area (Å²) >= 11 is 0. The van der Waals surface area contributed by atoms with Gasteiger partial charge in [-0.05, 0) is 35.9 Å². The molecule has 0 heterocycles. The van der Waals surface area contributed by atoms with Crippen LogP contribution in [0.4, 0.5) is 5.69 Å². The van der Waals surface area contributed by atoms with Crippen molar-refractivity contribution in [2.45, 2.75) is 12.8 Å². The number of Topliss-reactive ketones (excluding diaryl/α,β-unsaturated/α-hetero) is 1. The van der Waals surface area contributed by atoms with Gasteiger partial charge in [-0.3, -0.25) is 9.88 Å². The van der Waals surface area contributed by atoms with Gasteiger partial charge in [-0.25, -0.2) is 4.57 Å². The van der Waals surface area contributed by atoms with E-state index in [4.69, 9.17) is 9.79 Å². The first-order valence-corrected chi connectivity index (χ1v) is 8.28. The average Bonchev–Trinajstić information content (AvgIpc) is 2.46. The van der Waals surface area contributed by atoms with Crippen LogP contribution in [0.15, 0.2) is 42.5 Å². The number of benzene rings is 2. The number of ketones is 1. The van der Waals surface area contributed by atoms with E-state index in [9.17, 15) is 19.6 Å². The zero-order valence-corrected chi connectivity index (χ0v) is 13.1. The van der Waals surface area contributed by atoms with Crippen molar-refractivity contribution in [2.75, 3.05) is 5.09 Å². The van der Waals surface area contributed by atoms with Crippen LogP contribution in [0.5, 0.6) is 11.5 Å². The quantitative estimate of drug-likeness (QED) is 0.322. The number of rotatable bonds is 5. The molecule has 0 radical (unpaired) electrons. The van der Waals surface area contributed by atoms with E-state index >= 15 is 0 Å². The molecule has 0 amide bonds. The van der Waals surface area contributed by atoms with E-state index in [1.807, 2.05) is 5.09 Å². The van der Waals surface area contributed by atoms with E-state index in [0.717, 1.165) is 6.07 Å². The zero-order chi connectivity index (χ0) is 17.2. The number of hydrogen-bond acceptors (Lipinski definition) is 4.